The van der Waals surface area contributed by atoms with E-state index in [-0.39, 0.29) is 24.5 Å². The van der Waals surface area contributed by atoms with Gasteiger partial charge in [0, 0.05) is 17.1 Å². The van der Waals surface area contributed by atoms with Gasteiger partial charge < -0.3 is 14.8 Å². The van der Waals surface area contributed by atoms with Crippen molar-refractivity contribution in [1.82, 2.24) is 29.9 Å². The number of hydrogen-bond donors (Lipinski definition) is 1. The summed E-state index contributed by atoms with van der Waals surface area (Å²) in [5.41, 5.74) is 1.67. The summed E-state index contributed by atoms with van der Waals surface area (Å²) in [6.45, 7) is 0.381. The fraction of sp³-hybridized carbons (Fsp3) is 0.227. The number of amides is 1. The molecule has 11 heteroatoms. The Hall–Kier alpha value is -3.92. The zero-order chi connectivity index (χ0) is 23.4. The highest BCUT2D eigenvalue weighted by Crippen LogP contribution is 2.30. The first kappa shape index (κ1) is 22.3. The van der Waals surface area contributed by atoms with Crippen LogP contribution in [0.5, 0.6) is 11.5 Å². The summed E-state index contributed by atoms with van der Waals surface area (Å²) in [7, 11) is 3.07. The molecule has 0 aliphatic rings. The average Bonchev–Trinajstić information content (AvgIpc) is 3.24. The van der Waals surface area contributed by atoms with Gasteiger partial charge >= 0.3 is 0 Å². The summed E-state index contributed by atoms with van der Waals surface area (Å²) >= 11 is 5.92. The number of rotatable bonds is 8. The van der Waals surface area contributed by atoms with Crippen molar-refractivity contribution >= 4 is 28.7 Å². The zero-order valence-electron chi connectivity index (χ0n) is 18.0. The number of ether oxygens (including phenoxy) is 2. The molecule has 2 aromatic carbocycles. The number of hydrogen-bond acceptors (Lipinski definition) is 7. The molecule has 0 aliphatic carbocycles. The number of benzene rings is 2. The number of methoxy groups -OCH3 is 2. The lowest BCUT2D eigenvalue weighted by molar-refractivity contribution is -0.121. The maximum atomic E-state index is 12.8. The monoisotopic (exact) mass is 468 g/mol. The molecule has 1 N–H and O–H groups in total. The Balaban J connectivity index is 1.47. The molecule has 0 radical (unpaired) electrons. The molecule has 2 heterocycles. The molecule has 33 heavy (non-hydrogen) atoms. The molecule has 1 amide bonds. The van der Waals surface area contributed by atoms with Gasteiger partial charge in [-0.05, 0) is 23.8 Å². The number of fused-ring (bicyclic) bond motifs is 1. The molecule has 4 aromatic rings. The summed E-state index contributed by atoms with van der Waals surface area (Å²) in [6, 6.07) is 12.7. The molecule has 0 saturated carbocycles. The molecule has 0 fully saturated rings. The molecule has 0 unspecified atom stereocenters. The molecule has 0 aliphatic heterocycles. The van der Waals surface area contributed by atoms with E-state index in [0.29, 0.717) is 28.7 Å². The highest BCUT2D eigenvalue weighted by atomic mass is 35.5. The number of aromatic nitrogens is 5. The minimum atomic E-state index is -0.448. The number of nitrogens with one attached hydrogen (secondary N) is 1. The summed E-state index contributed by atoms with van der Waals surface area (Å²) in [6.07, 6.45) is 1.32. The van der Waals surface area contributed by atoms with Crippen molar-refractivity contribution in [3.8, 4) is 11.5 Å². The van der Waals surface area contributed by atoms with Crippen molar-refractivity contribution in [3.05, 3.63) is 75.3 Å². The van der Waals surface area contributed by atoms with Crippen LogP contribution >= 0.6 is 11.6 Å². The van der Waals surface area contributed by atoms with Crippen LogP contribution < -0.4 is 20.3 Å². The third kappa shape index (κ3) is 4.80. The third-order valence-corrected chi connectivity index (χ3v) is 5.26. The number of carbonyl (C=O) groups is 1. The lowest BCUT2D eigenvalue weighted by Gasteiger charge is -2.13. The second-order valence-corrected chi connectivity index (χ2v) is 7.59. The Bertz CT molecular complexity index is 1350. The van der Waals surface area contributed by atoms with E-state index in [2.05, 4.69) is 20.6 Å². The van der Waals surface area contributed by atoms with E-state index in [0.717, 1.165) is 11.1 Å². The molecule has 170 valence electrons. The summed E-state index contributed by atoms with van der Waals surface area (Å²) in [5, 5.41) is 11.4. The quantitative estimate of drug-likeness (QED) is 0.421. The molecule has 0 spiro atoms. The van der Waals surface area contributed by atoms with E-state index < -0.39 is 5.56 Å². The van der Waals surface area contributed by atoms with Crippen molar-refractivity contribution in [2.24, 2.45) is 0 Å². The lowest BCUT2D eigenvalue weighted by Crippen LogP contribution is -2.32. The van der Waals surface area contributed by atoms with Crippen molar-refractivity contribution in [1.29, 1.82) is 0 Å². The average molecular weight is 469 g/mol. The number of nitrogens with zero attached hydrogens (tertiary/aromatic N) is 5. The number of para-hydroxylation sites is 1. The van der Waals surface area contributed by atoms with Gasteiger partial charge in [-0.15, -0.1) is 5.10 Å². The normalized spacial score (nSPS) is 10.9. The Morgan fingerprint density at radius 1 is 1.12 bits per heavy atom. The van der Waals surface area contributed by atoms with Crippen LogP contribution in [0, 0.1) is 0 Å². The SMILES string of the molecule is COc1cccc(CNC(=O)Cn2cnc3c(nnn3Cc3ccc(Cl)cc3)c2=O)c1OC. The second kappa shape index (κ2) is 9.70. The highest BCUT2D eigenvalue weighted by molar-refractivity contribution is 6.30. The Morgan fingerprint density at radius 2 is 1.91 bits per heavy atom. The first-order valence-electron chi connectivity index (χ1n) is 9.99. The van der Waals surface area contributed by atoms with E-state index >= 15 is 0 Å². The largest absolute Gasteiger partial charge is 0.493 e. The lowest BCUT2D eigenvalue weighted by atomic mass is 10.2. The standard InChI is InChI=1S/C22H21ClN6O4/c1-32-17-5-3-4-15(20(17)33-2)10-24-18(30)12-28-13-25-21-19(22(28)31)26-27-29(21)11-14-6-8-16(23)9-7-14/h3-9,13H,10-12H2,1-2H3,(H,24,30). The van der Waals surface area contributed by atoms with Crippen LogP contribution in [-0.4, -0.2) is 44.7 Å². The van der Waals surface area contributed by atoms with Gasteiger partial charge in [-0.1, -0.05) is 41.1 Å². The van der Waals surface area contributed by atoms with Crippen LogP contribution in [0.4, 0.5) is 0 Å². The first-order chi connectivity index (χ1) is 16.0. The minimum Gasteiger partial charge on any atom is -0.493 e. The first-order valence-corrected chi connectivity index (χ1v) is 10.4. The molecule has 10 nitrogen and oxygen atoms in total. The van der Waals surface area contributed by atoms with E-state index in [9.17, 15) is 9.59 Å². The van der Waals surface area contributed by atoms with Gasteiger partial charge in [0.1, 0.15) is 12.9 Å². The topological polar surface area (TPSA) is 113 Å². The van der Waals surface area contributed by atoms with Crippen molar-refractivity contribution < 1.29 is 14.3 Å². The van der Waals surface area contributed by atoms with E-state index in [1.807, 2.05) is 18.2 Å². The van der Waals surface area contributed by atoms with Crippen molar-refractivity contribution in [2.45, 2.75) is 19.6 Å². The Labute approximate surface area is 193 Å². The predicted octanol–water partition coefficient (Wildman–Crippen LogP) is 2.02. The maximum absolute atomic E-state index is 12.8. The maximum Gasteiger partial charge on any atom is 0.283 e. The smallest absolute Gasteiger partial charge is 0.283 e. The van der Waals surface area contributed by atoms with Crippen LogP contribution in [0.3, 0.4) is 0 Å². The van der Waals surface area contributed by atoms with Crippen LogP contribution in [0.1, 0.15) is 11.1 Å². The minimum absolute atomic E-state index is 0.0914. The van der Waals surface area contributed by atoms with E-state index in [4.69, 9.17) is 21.1 Å². The van der Waals surface area contributed by atoms with Gasteiger partial charge in [0.15, 0.2) is 22.7 Å². The number of carbonyl (C=O) groups excluding carboxylic acids is 1. The fourth-order valence-electron chi connectivity index (χ4n) is 3.37. The molecule has 0 atom stereocenters. The molecule has 0 saturated heterocycles. The Morgan fingerprint density at radius 3 is 2.64 bits per heavy atom. The summed E-state index contributed by atoms with van der Waals surface area (Å²) in [4.78, 5) is 29.6. The van der Waals surface area contributed by atoms with Gasteiger partial charge in [0.05, 0.1) is 20.8 Å². The van der Waals surface area contributed by atoms with Gasteiger partial charge in [0.2, 0.25) is 5.91 Å². The zero-order valence-corrected chi connectivity index (χ0v) is 18.7. The second-order valence-electron chi connectivity index (χ2n) is 7.15. The van der Waals surface area contributed by atoms with Crippen LogP contribution in [0.25, 0.3) is 11.2 Å². The van der Waals surface area contributed by atoms with Gasteiger partial charge in [0.25, 0.3) is 5.56 Å². The number of halogens is 1. The van der Waals surface area contributed by atoms with Crippen molar-refractivity contribution in [3.63, 3.8) is 0 Å². The van der Waals surface area contributed by atoms with Gasteiger partial charge in [-0.2, -0.15) is 0 Å². The predicted molar refractivity (Wildman–Crippen MR) is 122 cm³/mol. The van der Waals surface area contributed by atoms with E-state index in [1.54, 1.807) is 31.4 Å². The summed E-state index contributed by atoms with van der Waals surface area (Å²) in [5.74, 6) is 0.742. The van der Waals surface area contributed by atoms with Crippen LogP contribution in [0.2, 0.25) is 5.02 Å². The molecule has 4 rings (SSSR count). The van der Waals surface area contributed by atoms with Crippen molar-refractivity contribution in [2.75, 3.05) is 14.2 Å². The van der Waals surface area contributed by atoms with Crippen LogP contribution in [0.15, 0.2) is 53.6 Å². The van der Waals surface area contributed by atoms with Gasteiger partial charge in [-0.3, -0.25) is 14.2 Å². The van der Waals surface area contributed by atoms with E-state index in [1.165, 1.54) is 22.7 Å². The molecule has 0 bridgehead atoms. The fourth-order valence-corrected chi connectivity index (χ4v) is 3.49. The third-order valence-electron chi connectivity index (χ3n) is 5.01. The Kier molecular flexibility index (Phi) is 6.55. The highest BCUT2D eigenvalue weighted by Gasteiger charge is 2.15. The van der Waals surface area contributed by atoms with Gasteiger partial charge in [-0.25, -0.2) is 9.67 Å². The molecular weight excluding hydrogens is 448 g/mol. The molecule has 2 aromatic heterocycles. The summed E-state index contributed by atoms with van der Waals surface area (Å²) < 4.78 is 13.4. The molecular formula is C22H21ClN6O4. The van der Waals surface area contributed by atoms with Crippen LogP contribution in [-0.2, 0) is 24.4 Å².